The van der Waals surface area contributed by atoms with E-state index in [-0.39, 0.29) is 16.5 Å². The number of carboxylic acids is 1. The Labute approximate surface area is 115 Å². The topological polar surface area (TPSA) is 92.4 Å². The Hall–Kier alpha value is -1.59. The van der Waals surface area contributed by atoms with Crippen molar-refractivity contribution in [1.82, 2.24) is 0 Å². The summed E-state index contributed by atoms with van der Waals surface area (Å²) in [6.07, 6.45) is 3.19. The number of halogens is 1. The van der Waals surface area contributed by atoms with Gasteiger partial charge in [0.1, 0.15) is 0 Å². The molecule has 1 fully saturated rings. The summed E-state index contributed by atoms with van der Waals surface area (Å²) in [6, 6.07) is 4.17. The number of carboxylic acid groups (broad SMARTS) is 1. The molecule has 0 heterocycles. The van der Waals surface area contributed by atoms with Crippen molar-refractivity contribution in [3.05, 3.63) is 28.8 Å². The summed E-state index contributed by atoms with van der Waals surface area (Å²) in [7, 11) is 0. The number of nitrogens with two attached hydrogens (primary N) is 1. The Morgan fingerprint density at radius 3 is 2.47 bits per heavy atom. The number of nitrogens with one attached hydrogen (secondary N) is 1. The normalized spacial score (nSPS) is 17.2. The molecule has 0 unspecified atom stereocenters. The van der Waals surface area contributed by atoms with E-state index in [4.69, 9.17) is 22.4 Å². The predicted octanol–water partition coefficient (Wildman–Crippen LogP) is 2.25. The molecule has 0 aromatic heterocycles. The number of hydrogen-bond acceptors (Lipinski definition) is 3. The van der Waals surface area contributed by atoms with Crippen molar-refractivity contribution < 1.29 is 14.7 Å². The van der Waals surface area contributed by atoms with Crippen LogP contribution in [0.1, 0.15) is 36.0 Å². The van der Waals surface area contributed by atoms with E-state index in [1.54, 1.807) is 0 Å². The molecule has 1 amide bonds. The van der Waals surface area contributed by atoms with Gasteiger partial charge < -0.3 is 16.2 Å². The number of amides is 1. The molecule has 0 radical (unpaired) electrons. The highest BCUT2D eigenvalue weighted by atomic mass is 35.5. The number of carbonyl (C=O) groups excluding carboxylic acids is 1. The first-order valence-corrected chi connectivity index (χ1v) is 6.43. The molecule has 0 atom stereocenters. The lowest BCUT2D eigenvalue weighted by atomic mass is 9.98. The zero-order valence-corrected chi connectivity index (χ0v) is 11.0. The fourth-order valence-corrected chi connectivity index (χ4v) is 2.46. The van der Waals surface area contributed by atoms with Gasteiger partial charge in [0.2, 0.25) is 5.91 Å². The monoisotopic (exact) mass is 282 g/mol. The van der Waals surface area contributed by atoms with Crippen LogP contribution in [-0.2, 0) is 4.79 Å². The molecule has 0 saturated heterocycles. The standard InChI is InChI=1S/C13H15ClN2O3/c14-9-7-8(11(17)18)3-4-10(9)16-12(19)13(15)5-1-2-6-13/h3-4,7H,1-2,5-6,15H2,(H,16,19)(H,17,18). The molecule has 0 spiro atoms. The quantitative estimate of drug-likeness (QED) is 0.793. The summed E-state index contributed by atoms with van der Waals surface area (Å²) in [6.45, 7) is 0. The SMILES string of the molecule is NC1(C(=O)Nc2ccc(C(=O)O)cc2Cl)CCCC1. The fourth-order valence-electron chi connectivity index (χ4n) is 2.23. The maximum absolute atomic E-state index is 12.1. The van der Waals surface area contributed by atoms with Gasteiger partial charge in [0.05, 0.1) is 21.8 Å². The molecule has 19 heavy (non-hydrogen) atoms. The van der Waals surface area contributed by atoms with E-state index in [0.29, 0.717) is 18.5 Å². The van der Waals surface area contributed by atoms with Gasteiger partial charge in [0, 0.05) is 0 Å². The summed E-state index contributed by atoms with van der Waals surface area (Å²) in [4.78, 5) is 22.9. The van der Waals surface area contributed by atoms with E-state index < -0.39 is 11.5 Å². The van der Waals surface area contributed by atoms with Crippen molar-refractivity contribution in [2.45, 2.75) is 31.2 Å². The van der Waals surface area contributed by atoms with Gasteiger partial charge in [-0.05, 0) is 31.0 Å². The molecule has 5 nitrogen and oxygen atoms in total. The summed E-state index contributed by atoms with van der Waals surface area (Å²) < 4.78 is 0. The Kier molecular flexibility index (Phi) is 3.78. The van der Waals surface area contributed by atoms with Gasteiger partial charge in [-0.25, -0.2) is 4.79 Å². The maximum atomic E-state index is 12.1. The van der Waals surface area contributed by atoms with E-state index in [1.165, 1.54) is 18.2 Å². The Morgan fingerprint density at radius 2 is 1.95 bits per heavy atom. The molecule has 0 bridgehead atoms. The van der Waals surface area contributed by atoms with Crippen LogP contribution in [0.2, 0.25) is 5.02 Å². The van der Waals surface area contributed by atoms with Crippen LogP contribution >= 0.6 is 11.6 Å². The third-order valence-corrected chi connectivity index (χ3v) is 3.72. The molecule has 2 rings (SSSR count). The predicted molar refractivity (Wildman–Crippen MR) is 72.4 cm³/mol. The van der Waals surface area contributed by atoms with Crippen molar-refractivity contribution in [1.29, 1.82) is 0 Å². The van der Waals surface area contributed by atoms with Crippen LogP contribution in [0, 0.1) is 0 Å². The summed E-state index contributed by atoms with van der Waals surface area (Å²) in [5, 5.41) is 11.7. The second kappa shape index (κ2) is 5.19. The van der Waals surface area contributed by atoms with Crippen LogP contribution < -0.4 is 11.1 Å². The third-order valence-electron chi connectivity index (χ3n) is 3.41. The minimum atomic E-state index is -1.06. The van der Waals surface area contributed by atoms with Crippen molar-refractivity contribution in [2.24, 2.45) is 5.73 Å². The molecule has 1 aliphatic carbocycles. The number of aromatic carboxylic acids is 1. The van der Waals surface area contributed by atoms with Gasteiger partial charge in [0.15, 0.2) is 0 Å². The average molecular weight is 283 g/mol. The molecular weight excluding hydrogens is 268 g/mol. The second-order valence-electron chi connectivity index (χ2n) is 4.82. The molecule has 1 aliphatic rings. The first kappa shape index (κ1) is 13.8. The van der Waals surface area contributed by atoms with E-state index in [2.05, 4.69) is 5.32 Å². The Morgan fingerprint density at radius 1 is 1.32 bits per heavy atom. The average Bonchev–Trinajstić information content (AvgIpc) is 2.80. The molecule has 1 aromatic carbocycles. The zero-order chi connectivity index (χ0) is 14.0. The lowest BCUT2D eigenvalue weighted by molar-refractivity contribution is -0.121. The zero-order valence-electron chi connectivity index (χ0n) is 10.3. The Bertz CT molecular complexity index is 525. The van der Waals surface area contributed by atoms with Crippen LogP contribution in [0.25, 0.3) is 0 Å². The van der Waals surface area contributed by atoms with Crippen LogP contribution in [0.3, 0.4) is 0 Å². The highest BCUT2D eigenvalue weighted by Gasteiger charge is 2.37. The van der Waals surface area contributed by atoms with Crippen molar-refractivity contribution >= 4 is 29.2 Å². The summed E-state index contributed by atoms with van der Waals surface area (Å²) in [5.74, 6) is -1.33. The molecule has 0 aliphatic heterocycles. The lowest BCUT2D eigenvalue weighted by Crippen LogP contribution is -2.48. The minimum absolute atomic E-state index is 0.0753. The van der Waals surface area contributed by atoms with Gasteiger partial charge in [0.25, 0.3) is 0 Å². The number of benzene rings is 1. The number of anilines is 1. The van der Waals surface area contributed by atoms with E-state index >= 15 is 0 Å². The smallest absolute Gasteiger partial charge is 0.335 e. The second-order valence-corrected chi connectivity index (χ2v) is 5.22. The largest absolute Gasteiger partial charge is 0.478 e. The van der Waals surface area contributed by atoms with Crippen LogP contribution in [0.15, 0.2) is 18.2 Å². The van der Waals surface area contributed by atoms with Gasteiger partial charge in [-0.2, -0.15) is 0 Å². The molecule has 6 heteroatoms. The molecule has 1 saturated carbocycles. The number of carbonyl (C=O) groups is 2. The van der Waals surface area contributed by atoms with Gasteiger partial charge >= 0.3 is 5.97 Å². The summed E-state index contributed by atoms with van der Waals surface area (Å²) >= 11 is 5.95. The maximum Gasteiger partial charge on any atom is 0.335 e. The Balaban J connectivity index is 2.15. The molecule has 102 valence electrons. The lowest BCUT2D eigenvalue weighted by Gasteiger charge is -2.22. The van der Waals surface area contributed by atoms with Crippen LogP contribution in [0.4, 0.5) is 5.69 Å². The first-order valence-electron chi connectivity index (χ1n) is 6.05. The van der Waals surface area contributed by atoms with Gasteiger partial charge in [-0.3, -0.25) is 4.79 Å². The highest BCUT2D eigenvalue weighted by Crippen LogP contribution is 2.30. The van der Waals surface area contributed by atoms with Crippen molar-refractivity contribution in [2.75, 3.05) is 5.32 Å². The molecule has 1 aromatic rings. The third kappa shape index (κ3) is 2.88. The van der Waals surface area contributed by atoms with E-state index in [0.717, 1.165) is 12.8 Å². The van der Waals surface area contributed by atoms with E-state index in [1.807, 2.05) is 0 Å². The summed E-state index contributed by atoms with van der Waals surface area (Å²) in [5.41, 5.74) is 5.65. The van der Waals surface area contributed by atoms with Gasteiger partial charge in [-0.15, -0.1) is 0 Å². The molecular formula is C13H15ClN2O3. The van der Waals surface area contributed by atoms with Gasteiger partial charge in [-0.1, -0.05) is 24.4 Å². The number of hydrogen-bond donors (Lipinski definition) is 3. The van der Waals surface area contributed by atoms with E-state index in [9.17, 15) is 9.59 Å². The van der Waals surface area contributed by atoms with Crippen LogP contribution in [-0.4, -0.2) is 22.5 Å². The van der Waals surface area contributed by atoms with Crippen molar-refractivity contribution in [3.8, 4) is 0 Å². The van der Waals surface area contributed by atoms with Crippen LogP contribution in [0.5, 0.6) is 0 Å². The van der Waals surface area contributed by atoms with Crippen molar-refractivity contribution in [3.63, 3.8) is 0 Å². The molecule has 4 N–H and O–H groups in total. The highest BCUT2D eigenvalue weighted by molar-refractivity contribution is 6.34. The fraction of sp³-hybridized carbons (Fsp3) is 0.385. The first-order chi connectivity index (χ1) is 8.92. The number of rotatable bonds is 3. The minimum Gasteiger partial charge on any atom is -0.478 e.